The van der Waals surface area contributed by atoms with Crippen molar-refractivity contribution in [1.82, 2.24) is 14.5 Å². The molecule has 10 nitrogen and oxygen atoms in total. The van der Waals surface area contributed by atoms with E-state index in [0.717, 1.165) is 28.5 Å². The van der Waals surface area contributed by atoms with E-state index in [0.29, 0.717) is 12.8 Å². The van der Waals surface area contributed by atoms with Crippen molar-refractivity contribution in [2.24, 2.45) is 0 Å². The summed E-state index contributed by atoms with van der Waals surface area (Å²) in [6, 6.07) is 2.22. The molecule has 0 radical (unpaired) electrons. The molecule has 1 saturated heterocycles. The molecule has 3 rings (SSSR count). The predicted molar refractivity (Wildman–Crippen MR) is 100 cm³/mol. The number of nitrogens with one attached hydrogen (secondary N) is 1. The summed E-state index contributed by atoms with van der Waals surface area (Å²) in [6.45, 7) is -0.310. The van der Waals surface area contributed by atoms with Crippen molar-refractivity contribution in [3.63, 3.8) is 0 Å². The van der Waals surface area contributed by atoms with Gasteiger partial charge in [-0.15, -0.1) is 0 Å². The zero-order valence-electron chi connectivity index (χ0n) is 16.5. The maximum atomic E-state index is 12.7. The second kappa shape index (κ2) is 8.15. The van der Waals surface area contributed by atoms with Gasteiger partial charge >= 0.3 is 12.0 Å². The van der Waals surface area contributed by atoms with Gasteiger partial charge in [0.05, 0.1) is 6.42 Å². The van der Waals surface area contributed by atoms with Crippen molar-refractivity contribution >= 4 is 27.9 Å². The zero-order valence-corrected chi connectivity index (χ0v) is 17.3. The minimum Gasteiger partial charge on any atom is -0.457 e. The van der Waals surface area contributed by atoms with Crippen molar-refractivity contribution < 1.29 is 32.0 Å². The van der Waals surface area contributed by atoms with E-state index >= 15 is 0 Å². The number of nitrogens with zero attached hydrogens (tertiary/aromatic N) is 2. The van der Waals surface area contributed by atoms with Crippen LogP contribution in [0.4, 0.5) is 4.79 Å². The number of rotatable bonds is 7. The van der Waals surface area contributed by atoms with E-state index in [1.165, 1.54) is 26.2 Å². The van der Waals surface area contributed by atoms with Crippen LogP contribution >= 0.6 is 0 Å². The molecule has 0 unspecified atom stereocenters. The van der Waals surface area contributed by atoms with Gasteiger partial charge in [0.15, 0.2) is 0 Å². The molecule has 1 aromatic rings. The summed E-state index contributed by atoms with van der Waals surface area (Å²) in [7, 11) is -0.945. The number of amides is 3. The molecule has 1 saturated carbocycles. The van der Waals surface area contributed by atoms with Crippen LogP contribution in [-0.2, 0) is 31.0 Å². The summed E-state index contributed by atoms with van der Waals surface area (Å²) in [5.74, 6) is -0.724. The molecule has 1 N–H and O–H groups in total. The third-order valence-corrected chi connectivity index (χ3v) is 6.93. The summed E-state index contributed by atoms with van der Waals surface area (Å²) < 4.78 is 35.2. The van der Waals surface area contributed by atoms with Gasteiger partial charge in [0.1, 0.15) is 17.9 Å². The van der Waals surface area contributed by atoms with Gasteiger partial charge in [-0.05, 0) is 25.0 Å². The lowest BCUT2D eigenvalue weighted by Crippen LogP contribution is -2.48. The fourth-order valence-electron chi connectivity index (χ4n) is 3.55. The number of ether oxygens (including phenoxy) is 1. The lowest BCUT2D eigenvalue weighted by atomic mass is 9.82. The molecule has 0 atom stereocenters. The molecule has 11 heteroatoms. The molecule has 2 heterocycles. The summed E-state index contributed by atoms with van der Waals surface area (Å²) in [5, 5.41) is 2.54. The van der Waals surface area contributed by atoms with Crippen molar-refractivity contribution in [1.29, 1.82) is 0 Å². The molecule has 1 spiro atoms. The first-order valence-corrected chi connectivity index (χ1v) is 10.9. The van der Waals surface area contributed by atoms with Gasteiger partial charge < -0.3 is 14.5 Å². The van der Waals surface area contributed by atoms with E-state index in [1.54, 1.807) is 0 Å². The first kappa shape index (κ1) is 21.3. The third kappa shape index (κ3) is 4.30. The molecular formula is C18H25N3O7S. The fourth-order valence-corrected chi connectivity index (χ4v) is 4.37. The van der Waals surface area contributed by atoms with Crippen LogP contribution in [0, 0.1) is 0 Å². The highest BCUT2D eigenvalue weighted by atomic mass is 32.2. The van der Waals surface area contributed by atoms with Crippen LogP contribution in [0.25, 0.3) is 0 Å². The van der Waals surface area contributed by atoms with E-state index in [2.05, 4.69) is 5.32 Å². The summed E-state index contributed by atoms with van der Waals surface area (Å²) in [5.41, 5.74) is -0.818. The topological polar surface area (TPSA) is 126 Å². The monoisotopic (exact) mass is 427 g/mol. The first-order chi connectivity index (χ1) is 13.7. The minimum atomic E-state index is -3.70. The Morgan fingerprint density at radius 2 is 1.93 bits per heavy atom. The maximum Gasteiger partial charge on any atom is 0.325 e. The second-order valence-corrected chi connectivity index (χ2v) is 9.53. The highest BCUT2D eigenvalue weighted by Crippen LogP contribution is 2.33. The van der Waals surface area contributed by atoms with Crippen molar-refractivity contribution in [3.8, 4) is 0 Å². The molecule has 1 aromatic heterocycles. The van der Waals surface area contributed by atoms with Gasteiger partial charge in [0.25, 0.3) is 15.9 Å². The molecule has 160 valence electrons. The van der Waals surface area contributed by atoms with Gasteiger partial charge in [0, 0.05) is 20.6 Å². The molecule has 29 heavy (non-hydrogen) atoms. The molecule has 3 amide bonds. The van der Waals surface area contributed by atoms with Crippen molar-refractivity contribution in [2.75, 3.05) is 20.6 Å². The van der Waals surface area contributed by atoms with Crippen LogP contribution < -0.4 is 5.32 Å². The zero-order chi connectivity index (χ0) is 21.2. The number of urea groups is 1. The Hall–Kier alpha value is -2.40. The number of esters is 1. The molecule has 0 bridgehead atoms. The number of carbonyl (C=O) groups is 3. The normalized spacial score (nSPS) is 19.1. The smallest absolute Gasteiger partial charge is 0.325 e. The Labute approximate surface area is 169 Å². The highest BCUT2D eigenvalue weighted by molar-refractivity contribution is 7.88. The average Bonchev–Trinajstić information content (AvgIpc) is 3.24. The Balaban J connectivity index is 1.50. The number of sulfonamides is 1. The second-order valence-electron chi connectivity index (χ2n) is 7.45. The Morgan fingerprint density at radius 1 is 1.24 bits per heavy atom. The predicted octanol–water partition coefficient (Wildman–Crippen LogP) is 1.22. The standard InChI is InChI=1S/C18H25N3O7S/c1-20(2)29(25,26)15-7-6-13(28-15)12-27-14(22)8-11-21-16(23)18(19-17(21)24)9-4-3-5-10-18/h6-7H,3-5,8-12H2,1-2H3,(H,19,24). The Kier molecular flexibility index (Phi) is 5.99. The molecule has 0 aromatic carbocycles. The summed E-state index contributed by atoms with van der Waals surface area (Å²) in [4.78, 5) is 37.9. The highest BCUT2D eigenvalue weighted by Gasteiger charge is 2.51. The number of carbonyl (C=O) groups excluding carboxylic acids is 3. The number of hydrogen-bond acceptors (Lipinski definition) is 7. The molecule has 1 aliphatic heterocycles. The molecule has 2 fully saturated rings. The Morgan fingerprint density at radius 3 is 2.59 bits per heavy atom. The van der Waals surface area contributed by atoms with Crippen LogP contribution in [0.1, 0.15) is 44.3 Å². The number of furan rings is 1. The van der Waals surface area contributed by atoms with E-state index in [-0.39, 0.29) is 36.3 Å². The van der Waals surface area contributed by atoms with Gasteiger partial charge in [-0.3, -0.25) is 14.5 Å². The number of hydrogen-bond donors (Lipinski definition) is 1. The maximum absolute atomic E-state index is 12.7. The lowest BCUT2D eigenvalue weighted by molar-refractivity contribution is -0.146. The van der Waals surface area contributed by atoms with Crippen LogP contribution in [0.5, 0.6) is 0 Å². The Bertz CT molecular complexity index is 900. The molecule has 1 aliphatic carbocycles. The van der Waals surface area contributed by atoms with Gasteiger partial charge in [0.2, 0.25) is 5.09 Å². The van der Waals surface area contributed by atoms with Gasteiger partial charge in [-0.1, -0.05) is 19.3 Å². The van der Waals surface area contributed by atoms with E-state index in [9.17, 15) is 22.8 Å². The van der Waals surface area contributed by atoms with Crippen molar-refractivity contribution in [2.45, 2.75) is 55.8 Å². The van der Waals surface area contributed by atoms with Gasteiger partial charge in [-0.2, -0.15) is 0 Å². The molecule has 2 aliphatic rings. The van der Waals surface area contributed by atoms with Crippen molar-refractivity contribution in [3.05, 3.63) is 17.9 Å². The lowest BCUT2D eigenvalue weighted by Gasteiger charge is -2.30. The summed E-state index contributed by atoms with van der Waals surface area (Å²) >= 11 is 0. The van der Waals surface area contributed by atoms with Crippen LogP contribution in [-0.4, -0.2) is 61.7 Å². The van der Waals surface area contributed by atoms with Crippen LogP contribution in [0.3, 0.4) is 0 Å². The molecular weight excluding hydrogens is 402 g/mol. The van der Waals surface area contributed by atoms with Gasteiger partial charge in [-0.25, -0.2) is 17.5 Å². The largest absolute Gasteiger partial charge is 0.457 e. The first-order valence-electron chi connectivity index (χ1n) is 9.47. The van der Waals surface area contributed by atoms with E-state index in [4.69, 9.17) is 9.15 Å². The fraction of sp³-hybridized carbons (Fsp3) is 0.611. The number of imide groups is 1. The SMILES string of the molecule is CN(C)S(=O)(=O)c1ccc(COC(=O)CCN2C(=O)NC3(CCCCC3)C2=O)o1. The van der Waals surface area contributed by atoms with E-state index < -0.39 is 27.6 Å². The van der Waals surface area contributed by atoms with Crippen LogP contribution in [0.15, 0.2) is 21.6 Å². The minimum absolute atomic E-state index is 0.0658. The average molecular weight is 427 g/mol. The van der Waals surface area contributed by atoms with Crippen LogP contribution in [0.2, 0.25) is 0 Å². The summed E-state index contributed by atoms with van der Waals surface area (Å²) in [6.07, 6.45) is 3.90. The van der Waals surface area contributed by atoms with E-state index in [1.807, 2.05) is 0 Å². The third-order valence-electron chi connectivity index (χ3n) is 5.24. The quantitative estimate of drug-likeness (QED) is 0.512.